The summed E-state index contributed by atoms with van der Waals surface area (Å²) in [6.07, 6.45) is 0. The molecule has 0 unspecified atom stereocenters. The van der Waals surface area contributed by atoms with Crippen LogP contribution in [0.5, 0.6) is 5.75 Å². The Labute approximate surface area is 134 Å². The molecular weight excluding hydrogens is 289 g/mol. The van der Waals surface area contributed by atoms with Crippen molar-refractivity contribution >= 4 is 0 Å². The molecule has 3 aromatic carbocycles. The van der Waals surface area contributed by atoms with Gasteiger partial charge in [0.1, 0.15) is 11.6 Å². The first-order valence-electron chi connectivity index (χ1n) is 7.16. The van der Waals surface area contributed by atoms with E-state index in [0.29, 0.717) is 11.1 Å². The van der Waals surface area contributed by atoms with Crippen molar-refractivity contribution in [2.45, 2.75) is 0 Å². The number of hydrogen-bond donors (Lipinski definition) is 0. The summed E-state index contributed by atoms with van der Waals surface area (Å²) in [5.41, 5.74) is 3.59. The predicted octanol–water partition coefficient (Wildman–Crippen LogP) is 5.04. The minimum Gasteiger partial charge on any atom is -0.497 e. The zero-order valence-electron chi connectivity index (χ0n) is 12.6. The van der Waals surface area contributed by atoms with Gasteiger partial charge in [-0.15, -0.1) is 0 Å². The van der Waals surface area contributed by atoms with Crippen LogP contribution >= 0.6 is 0 Å². The van der Waals surface area contributed by atoms with E-state index in [1.807, 2.05) is 42.5 Å². The molecule has 0 atom stereocenters. The second-order valence-electron chi connectivity index (χ2n) is 5.11. The molecule has 2 nitrogen and oxygen atoms in total. The van der Waals surface area contributed by atoms with Crippen LogP contribution < -0.4 is 4.74 Å². The molecule has 0 aliphatic carbocycles. The number of halogens is 1. The topological polar surface area (TPSA) is 33.0 Å². The van der Waals surface area contributed by atoms with E-state index in [1.54, 1.807) is 25.3 Å². The fourth-order valence-electron chi connectivity index (χ4n) is 2.44. The number of benzene rings is 3. The maximum atomic E-state index is 14.5. The molecular formula is C20H14FNO. The fourth-order valence-corrected chi connectivity index (χ4v) is 2.44. The molecule has 0 aliphatic rings. The third kappa shape index (κ3) is 3.07. The summed E-state index contributed by atoms with van der Waals surface area (Å²) in [7, 11) is 1.60. The molecule has 3 rings (SSSR count). The Morgan fingerprint density at radius 2 is 1.43 bits per heavy atom. The number of methoxy groups -OCH3 is 1. The first-order chi connectivity index (χ1) is 11.2. The molecule has 0 saturated carbocycles. The lowest BCUT2D eigenvalue weighted by Gasteiger charge is -2.08. The van der Waals surface area contributed by atoms with Gasteiger partial charge in [-0.2, -0.15) is 5.26 Å². The molecule has 0 spiro atoms. The number of ether oxygens (including phenoxy) is 1. The maximum Gasteiger partial charge on any atom is 0.131 e. The molecule has 0 aromatic heterocycles. The monoisotopic (exact) mass is 303 g/mol. The third-order valence-electron chi connectivity index (χ3n) is 3.72. The lowest BCUT2D eigenvalue weighted by molar-refractivity contribution is 0.415. The van der Waals surface area contributed by atoms with Crippen molar-refractivity contribution < 1.29 is 9.13 Å². The van der Waals surface area contributed by atoms with Crippen molar-refractivity contribution in [2.24, 2.45) is 0 Å². The largest absolute Gasteiger partial charge is 0.497 e. The highest BCUT2D eigenvalue weighted by Crippen LogP contribution is 2.29. The van der Waals surface area contributed by atoms with Gasteiger partial charge >= 0.3 is 0 Å². The molecule has 0 N–H and O–H groups in total. The van der Waals surface area contributed by atoms with Crippen molar-refractivity contribution in [3.8, 4) is 34.1 Å². The Balaban J connectivity index is 1.94. The normalized spacial score (nSPS) is 10.1. The highest BCUT2D eigenvalue weighted by atomic mass is 19.1. The van der Waals surface area contributed by atoms with Crippen molar-refractivity contribution in [3.05, 3.63) is 78.1 Å². The minimum atomic E-state index is -0.281. The van der Waals surface area contributed by atoms with Gasteiger partial charge in [-0.1, -0.05) is 36.4 Å². The van der Waals surface area contributed by atoms with Gasteiger partial charge in [0, 0.05) is 5.56 Å². The third-order valence-corrected chi connectivity index (χ3v) is 3.72. The van der Waals surface area contributed by atoms with Gasteiger partial charge in [-0.05, 0) is 47.0 Å². The molecule has 0 aliphatic heterocycles. The van der Waals surface area contributed by atoms with E-state index in [2.05, 4.69) is 6.07 Å². The van der Waals surface area contributed by atoms with Crippen molar-refractivity contribution in [1.82, 2.24) is 0 Å². The fraction of sp³-hybridized carbons (Fsp3) is 0.0500. The van der Waals surface area contributed by atoms with Crippen LogP contribution in [0.4, 0.5) is 4.39 Å². The lowest BCUT2D eigenvalue weighted by Crippen LogP contribution is -1.88. The average Bonchev–Trinajstić information content (AvgIpc) is 2.62. The molecule has 0 bridgehead atoms. The summed E-state index contributed by atoms with van der Waals surface area (Å²) in [4.78, 5) is 0. The maximum absolute atomic E-state index is 14.5. The summed E-state index contributed by atoms with van der Waals surface area (Å²) >= 11 is 0. The Hall–Kier alpha value is -3.12. The Morgan fingerprint density at radius 1 is 0.826 bits per heavy atom. The van der Waals surface area contributed by atoms with Crippen LogP contribution in [0.15, 0.2) is 66.7 Å². The van der Waals surface area contributed by atoms with Crippen LogP contribution in [0.25, 0.3) is 22.3 Å². The highest BCUT2D eigenvalue weighted by Gasteiger charge is 2.08. The molecule has 0 radical (unpaired) electrons. The van der Waals surface area contributed by atoms with Crippen LogP contribution in [0.3, 0.4) is 0 Å². The van der Waals surface area contributed by atoms with E-state index in [1.165, 1.54) is 6.07 Å². The standard InChI is InChI=1S/C20H14FNO/c1-23-18-9-6-16(7-10-18)19-11-8-17(12-20(19)21)15-4-2-14(13-22)3-5-15/h2-12H,1H3. The zero-order chi connectivity index (χ0) is 16.2. The molecule has 0 heterocycles. The predicted molar refractivity (Wildman–Crippen MR) is 88.5 cm³/mol. The minimum absolute atomic E-state index is 0.281. The summed E-state index contributed by atoms with van der Waals surface area (Å²) < 4.78 is 19.6. The summed E-state index contributed by atoms with van der Waals surface area (Å²) in [5, 5.41) is 8.82. The van der Waals surface area contributed by atoms with E-state index >= 15 is 0 Å². The first kappa shape index (κ1) is 14.8. The van der Waals surface area contributed by atoms with Crippen LogP contribution in [0, 0.1) is 17.1 Å². The van der Waals surface area contributed by atoms with E-state index in [-0.39, 0.29) is 5.82 Å². The Kier molecular flexibility index (Phi) is 4.07. The summed E-state index contributed by atoms with van der Waals surface area (Å²) in [6.45, 7) is 0. The zero-order valence-corrected chi connectivity index (χ0v) is 12.6. The molecule has 112 valence electrons. The van der Waals surface area contributed by atoms with Gasteiger partial charge in [-0.3, -0.25) is 0 Å². The average molecular weight is 303 g/mol. The van der Waals surface area contributed by atoms with Crippen LogP contribution in [-0.2, 0) is 0 Å². The number of nitrogens with zero attached hydrogens (tertiary/aromatic N) is 1. The summed E-state index contributed by atoms with van der Waals surface area (Å²) in [5.74, 6) is 0.459. The second kappa shape index (κ2) is 6.33. The highest BCUT2D eigenvalue weighted by molar-refractivity contribution is 5.71. The van der Waals surface area contributed by atoms with Crippen LogP contribution in [-0.4, -0.2) is 7.11 Å². The molecule has 0 amide bonds. The number of nitriles is 1. The van der Waals surface area contributed by atoms with Crippen LogP contribution in [0.2, 0.25) is 0 Å². The Morgan fingerprint density at radius 3 is 2.00 bits per heavy atom. The molecule has 3 heteroatoms. The lowest BCUT2D eigenvalue weighted by atomic mass is 9.99. The van der Waals surface area contributed by atoms with E-state index < -0.39 is 0 Å². The number of hydrogen-bond acceptors (Lipinski definition) is 2. The SMILES string of the molecule is COc1ccc(-c2ccc(-c3ccc(C#N)cc3)cc2F)cc1. The van der Waals surface area contributed by atoms with Crippen LogP contribution in [0.1, 0.15) is 5.56 Å². The van der Waals surface area contributed by atoms with Gasteiger partial charge in [0.2, 0.25) is 0 Å². The number of rotatable bonds is 3. The first-order valence-corrected chi connectivity index (χ1v) is 7.16. The van der Waals surface area contributed by atoms with Crippen molar-refractivity contribution in [3.63, 3.8) is 0 Å². The summed E-state index contributed by atoms with van der Waals surface area (Å²) in [6, 6.07) is 21.6. The second-order valence-corrected chi connectivity index (χ2v) is 5.11. The van der Waals surface area contributed by atoms with Gasteiger partial charge in [0.25, 0.3) is 0 Å². The van der Waals surface area contributed by atoms with Gasteiger partial charge in [0.15, 0.2) is 0 Å². The van der Waals surface area contributed by atoms with E-state index in [4.69, 9.17) is 10.00 Å². The Bertz CT molecular complexity index is 862. The van der Waals surface area contributed by atoms with Gasteiger partial charge in [0.05, 0.1) is 18.7 Å². The van der Waals surface area contributed by atoms with Crippen molar-refractivity contribution in [1.29, 1.82) is 5.26 Å². The van der Waals surface area contributed by atoms with Gasteiger partial charge < -0.3 is 4.74 Å². The van der Waals surface area contributed by atoms with E-state index in [0.717, 1.165) is 22.4 Å². The molecule has 23 heavy (non-hydrogen) atoms. The molecule has 0 fully saturated rings. The molecule has 3 aromatic rings. The van der Waals surface area contributed by atoms with Crippen molar-refractivity contribution in [2.75, 3.05) is 7.11 Å². The van der Waals surface area contributed by atoms with E-state index in [9.17, 15) is 4.39 Å². The van der Waals surface area contributed by atoms with Gasteiger partial charge in [-0.25, -0.2) is 4.39 Å². The quantitative estimate of drug-likeness (QED) is 0.679. The smallest absolute Gasteiger partial charge is 0.131 e. The molecule has 0 saturated heterocycles.